The molecule has 2 rings (SSSR count). The number of carbonyl (C=O) groups is 2. The van der Waals surface area contributed by atoms with E-state index in [1.54, 1.807) is 0 Å². The monoisotopic (exact) mass is 380 g/mol. The fourth-order valence-corrected chi connectivity index (χ4v) is 3.77. The molecular weight excluding hydrogens is 344 g/mol. The number of amides is 1. The molecule has 1 atom stereocenters. The van der Waals surface area contributed by atoms with Crippen LogP contribution < -0.4 is 5.32 Å². The molecule has 2 heterocycles. The summed E-state index contributed by atoms with van der Waals surface area (Å²) in [6, 6.07) is 0. The Bertz CT molecular complexity index is 509. The van der Waals surface area contributed by atoms with Crippen LogP contribution in [0.4, 0.5) is 0 Å². The number of likely N-dealkylation sites (tertiary alicyclic amines) is 2. The lowest BCUT2D eigenvalue weighted by Crippen LogP contribution is -2.48. The zero-order valence-electron chi connectivity index (χ0n) is 17.0. The first-order valence-corrected chi connectivity index (χ1v) is 10.6. The Balaban J connectivity index is 1.85. The molecule has 0 aromatic heterocycles. The zero-order valence-corrected chi connectivity index (χ0v) is 17.0. The second-order valence-corrected chi connectivity index (χ2v) is 7.32. The number of carbonyl (C=O) groups excluding carboxylic acids is 2. The van der Waals surface area contributed by atoms with Crippen molar-refractivity contribution in [3.8, 4) is 0 Å². The molecule has 0 aromatic rings. The van der Waals surface area contributed by atoms with Crippen LogP contribution in [0, 0.1) is 5.92 Å². The van der Waals surface area contributed by atoms with Crippen molar-refractivity contribution in [3.05, 3.63) is 0 Å². The van der Waals surface area contributed by atoms with Gasteiger partial charge in [0.15, 0.2) is 5.96 Å². The van der Waals surface area contributed by atoms with Crippen LogP contribution in [-0.4, -0.2) is 73.5 Å². The van der Waals surface area contributed by atoms with Gasteiger partial charge in [-0.25, -0.2) is 0 Å². The molecule has 7 nitrogen and oxygen atoms in total. The number of ether oxygens (including phenoxy) is 1. The number of nitrogens with zero attached hydrogens (tertiary/aromatic N) is 3. The zero-order chi connectivity index (χ0) is 19.5. The topological polar surface area (TPSA) is 74.2 Å². The normalized spacial score (nSPS) is 21.8. The lowest BCUT2D eigenvalue weighted by Gasteiger charge is -2.34. The maximum atomic E-state index is 12.1. The van der Waals surface area contributed by atoms with Crippen molar-refractivity contribution in [2.45, 2.75) is 58.8 Å². The molecule has 0 spiro atoms. The summed E-state index contributed by atoms with van der Waals surface area (Å²) in [5.74, 6) is 0.986. The van der Waals surface area contributed by atoms with Crippen molar-refractivity contribution in [1.82, 2.24) is 15.1 Å². The van der Waals surface area contributed by atoms with Crippen LogP contribution in [0.15, 0.2) is 4.99 Å². The quantitative estimate of drug-likeness (QED) is 0.317. The third-order valence-electron chi connectivity index (χ3n) is 5.19. The Kier molecular flexibility index (Phi) is 9.42. The Morgan fingerprint density at radius 2 is 2.07 bits per heavy atom. The van der Waals surface area contributed by atoms with Crippen molar-refractivity contribution < 1.29 is 14.3 Å². The van der Waals surface area contributed by atoms with Gasteiger partial charge in [0.25, 0.3) is 0 Å². The average Bonchev–Trinajstić information content (AvgIpc) is 2.89. The van der Waals surface area contributed by atoms with Gasteiger partial charge in [0.1, 0.15) is 0 Å². The van der Waals surface area contributed by atoms with Crippen LogP contribution in [0.2, 0.25) is 0 Å². The number of rotatable bonds is 7. The highest BCUT2D eigenvalue weighted by atomic mass is 16.5. The molecule has 1 N–H and O–H groups in total. The molecule has 2 aliphatic rings. The summed E-state index contributed by atoms with van der Waals surface area (Å²) in [5, 5.41) is 3.34. The Hall–Kier alpha value is -1.79. The van der Waals surface area contributed by atoms with Gasteiger partial charge in [-0.3, -0.25) is 14.6 Å². The van der Waals surface area contributed by atoms with E-state index in [0.29, 0.717) is 26.1 Å². The van der Waals surface area contributed by atoms with Crippen LogP contribution in [-0.2, 0) is 14.3 Å². The summed E-state index contributed by atoms with van der Waals surface area (Å²) >= 11 is 0. The highest BCUT2D eigenvalue weighted by Crippen LogP contribution is 2.18. The highest BCUT2D eigenvalue weighted by Gasteiger charge is 2.28. The molecule has 1 unspecified atom stereocenters. The minimum Gasteiger partial charge on any atom is -0.466 e. The van der Waals surface area contributed by atoms with Crippen LogP contribution >= 0.6 is 0 Å². The van der Waals surface area contributed by atoms with E-state index in [4.69, 9.17) is 9.73 Å². The van der Waals surface area contributed by atoms with Gasteiger partial charge in [-0.2, -0.15) is 0 Å². The fraction of sp³-hybridized carbons (Fsp3) is 0.850. The first-order chi connectivity index (χ1) is 13.2. The van der Waals surface area contributed by atoms with Crippen LogP contribution in [0.3, 0.4) is 0 Å². The molecule has 0 aliphatic carbocycles. The van der Waals surface area contributed by atoms with Crippen molar-refractivity contribution in [1.29, 1.82) is 0 Å². The van der Waals surface area contributed by atoms with E-state index < -0.39 is 0 Å². The van der Waals surface area contributed by atoms with Crippen molar-refractivity contribution in [3.63, 3.8) is 0 Å². The Labute approximate surface area is 163 Å². The largest absolute Gasteiger partial charge is 0.466 e. The van der Waals surface area contributed by atoms with E-state index in [2.05, 4.69) is 17.1 Å². The molecule has 0 radical (unpaired) electrons. The molecule has 27 heavy (non-hydrogen) atoms. The highest BCUT2D eigenvalue weighted by molar-refractivity contribution is 5.81. The average molecular weight is 381 g/mol. The first kappa shape index (κ1) is 21.5. The van der Waals surface area contributed by atoms with Gasteiger partial charge in [-0.15, -0.1) is 0 Å². The summed E-state index contributed by atoms with van der Waals surface area (Å²) in [7, 11) is 0. The first-order valence-electron chi connectivity index (χ1n) is 10.6. The third kappa shape index (κ3) is 7.03. The van der Waals surface area contributed by atoms with E-state index >= 15 is 0 Å². The van der Waals surface area contributed by atoms with E-state index in [9.17, 15) is 9.59 Å². The number of guanidine groups is 1. The smallest absolute Gasteiger partial charge is 0.310 e. The van der Waals surface area contributed by atoms with E-state index in [0.717, 1.165) is 70.7 Å². The number of nitrogens with one attached hydrogen (secondary N) is 1. The van der Waals surface area contributed by atoms with Gasteiger partial charge in [0, 0.05) is 45.7 Å². The van der Waals surface area contributed by atoms with Gasteiger partial charge in [-0.1, -0.05) is 6.42 Å². The molecule has 0 saturated carbocycles. The summed E-state index contributed by atoms with van der Waals surface area (Å²) < 4.78 is 5.19. The maximum Gasteiger partial charge on any atom is 0.310 e. The molecule has 2 fully saturated rings. The lowest BCUT2D eigenvalue weighted by atomic mass is 9.98. The Morgan fingerprint density at radius 3 is 2.85 bits per heavy atom. The number of piperidine rings is 1. The SMILES string of the molecule is CCNC(=NCCCN1CCCCCC1=O)N1CCCC(C(=O)OCC)C1. The van der Waals surface area contributed by atoms with Crippen molar-refractivity contribution in [2.75, 3.05) is 45.9 Å². The molecule has 0 bridgehead atoms. The van der Waals surface area contributed by atoms with Crippen molar-refractivity contribution >= 4 is 17.8 Å². The fourth-order valence-electron chi connectivity index (χ4n) is 3.77. The summed E-state index contributed by atoms with van der Waals surface area (Å²) in [5.41, 5.74) is 0. The van der Waals surface area contributed by atoms with Gasteiger partial charge in [-0.05, 0) is 46.0 Å². The second-order valence-electron chi connectivity index (χ2n) is 7.32. The molecule has 7 heteroatoms. The number of aliphatic imine (C=N–C) groups is 1. The molecule has 2 saturated heterocycles. The predicted octanol–water partition coefficient (Wildman–Crippen LogP) is 2.02. The van der Waals surface area contributed by atoms with Crippen LogP contribution in [0.1, 0.15) is 58.8 Å². The Morgan fingerprint density at radius 1 is 1.22 bits per heavy atom. The molecule has 0 aromatic carbocycles. The summed E-state index contributed by atoms with van der Waals surface area (Å²) in [4.78, 5) is 33.1. The van der Waals surface area contributed by atoms with E-state index in [-0.39, 0.29) is 17.8 Å². The minimum absolute atomic E-state index is 0.0720. The summed E-state index contributed by atoms with van der Waals surface area (Å²) in [6.07, 6.45) is 6.70. The standard InChI is InChI=1S/C20H36N4O3/c1-3-21-20(24-14-8-10-17(16-24)19(26)27-4-2)22-12-9-15-23-13-7-5-6-11-18(23)25/h17H,3-16H2,1-2H3,(H,21,22). The van der Waals surface area contributed by atoms with Crippen LogP contribution in [0.25, 0.3) is 0 Å². The van der Waals surface area contributed by atoms with Gasteiger partial charge in [0.05, 0.1) is 12.5 Å². The lowest BCUT2D eigenvalue weighted by molar-refractivity contribution is -0.149. The molecule has 2 aliphatic heterocycles. The molecule has 154 valence electrons. The second kappa shape index (κ2) is 11.8. The van der Waals surface area contributed by atoms with Crippen LogP contribution in [0.5, 0.6) is 0 Å². The predicted molar refractivity (Wildman–Crippen MR) is 107 cm³/mol. The van der Waals surface area contributed by atoms with Crippen molar-refractivity contribution in [2.24, 2.45) is 10.9 Å². The molecular formula is C20H36N4O3. The van der Waals surface area contributed by atoms with Gasteiger partial charge in [0.2, 0.25) is 5.91 Å². The maximum absolute atomic E-state index is 12.1. The number of hydrogen-bond acceptors (Lipinski definition) is 4. The summed E-state index contributed by atoms with van der Waals surface area (Å²) in [6.45, 7) is 9.05. The third-order valence-corrected chi connectivity index (χ3v) is 5.19. The number of esters is 1. The minimum atomic E-state index is -0.0993. The molecule has 1 amide bonds. The van der Waals surface area contributed by atoms with E-state index in [1.807, 2.05) is 11.8 Å². The van der Waals surface area contributed by atoms with E-state index in [1.165, 1.54) is 0 Å². The van der Waals surface area contributed by atoms with Gasteiger partial charge < -0.3 is 19.9 Å². The number of hydrogen-bond donors (Lipinski definition) is 1. The van der Waals surface area contributed by atoms with Gasteiger partial charge >= 0.3 is 5.97 Å².